The third-order valence-electron chi connectivity index (χ3n) is 3.70. The van der Waals surface area contributed by atoms with Crippen LogP contribution in [0.15, 0.2) is 24.4 Å². The first kappa shape index (κ1) is 12.2. The first-order chi connectivity index (χ1) is 9.04. The molecule has 3 rings (SSSR count). The zero-order valence-corrected chi connectivity index (χ0v) is 11.6. The molecule has 0 saturated carbocycles. The normalized spacial score (nSPS) is 21.9. The van der Waals surface area contributed by atoms with E-state index in [1.807, 2.05) is 30.9 Å². The second-order valence-corrected chi connectivity index (χ2v) is 5.33. The van der Waals surface area contributed by atoms with E-state index in [0.29, 0.717) is 0 Å². The SMILES string of the molecule is Cc1ccc2c(c1)C(N)CC(c1cn(C)nc1C)O2. The maximum atomic E-state index is 6.29. The van der Waals surface area contributed by atoms with Crippen LogP contribution in [0, 0.1) is 13.8 Å². The maximum Gasteiger partial charge on any atom is 0.129 e. The fourth-order valence-corrected chi connectivity index (χ4v) is 2.75. The van der Waals surface area contributed by atoms with Gasteiger partial charge in [0.2, 0.25) is 0 Å². The number of fused-ring (bicyclic) bond motifs is 1. The van der Waals surface area contributed by atoms with Crippen molar-refractivity contribution in [3.8, 4) is 5.75 Å². The van der Waals surface area contributed by atoms with Gasteiger partial charge in [0.25, 0.3) is 0 Å². The summed E-state index contributed by atoms with van der Waals surface area (Å²) < 4.78 is 7.93. The molecule has 0 aliphatic carbocycles. The Balaban J connectivity index is 1.97. The summed E-state index contributed by atoms with van der Waals surface area (Å²) in [6.07, 6.45) is 2.81. The van der Waals surface area contributed by atoms with Crippen molar-refractivity contribution in [3.63, 3.8) is 0 Å². The fraction of sp³-hybridized carbons (Fsp3) is 0.400. The zero-order chi connectivity index (χ0) is 13.6. The maximum absolute atomic E-state index is 6.29. The first-order valence-electron chi connectivity index (χ1n) is 6.57. The molecule has 4 heteroatoms. The number of aromatic nitrogens is 2. The molecular weight excluding hydrogens is 238 g/mol. The predicted octanol–water partition coefficient (Wildman–Crippen LogP) is 2.56. The lowest BCUT2D eigenvalue weighted by Crippen LogP contribution is -2.24. The number of rotatable bonds is 1. The molecule has 19 heavy (non-hydrogen) atoms. The Kier molecular flexibility index (Phi) is 2.82. The average Bonchev–Trinajstić information content (AvgIpc) is 2.69. The van der Waals surface area contributed by atoms with Gasteiger partial charge >= 0.3 is 0 Å². The van der Waals surface area contributed by atoms with Gasteiger partial charge in [-0.3, -0.25) is 4.68 Å². The van der Waals surface area contributed by atoms with Gasteiger partial charge in [-0.2, -0.15) is 5.10 Å². The van der Waals surface area contributed by atoms with Crippen LogP contribution in [0.1, 0.15) is 41.0 Å². The predicted molar refractivity (Wildman–Crippen MR) is 74.0 cm³/mol. The van der Waals surface area contributed by atoms with Crippen molar-refractivity contribution in [1.82, 2.24) is 9.78 Å². The van der Waals surface area contributed by atoms with Gasteiger partial charge in [0, 0.05) is 36.8 Å². The summed E-state index contributed by atoms with van der Waals surface area (Å²) in [7, 11) is 1.93. The van der Waals surface area contributed by atoms with E-state index in [2.05, 4.69) is 24.2 Å². The standard InChI is InChI=1S/C15H19N3O/c1-9-4-5-14-11(6-9)13(16)7-15(19-14)12-8-18(3)17-10(12)2/h4-6,8,13,15H,7,16H2,1-3H3. The number of nitrogens with zero attached hydrogens (tertiary/aromatic N) is 2. The zero-order valence-electron chi connectivity index (χ0n) is 11.6. The van der Waals surface area contributed by atoms with Crippen LogP contribution in [-0.4, -0.2) is 9.78 Å². The Hall–Kier alpha value is -1.81. The molecule has 2 heterocycles. The summed E-state index contributed by atoms with van der Waals surface area (Å²) >= 11 is 0. The van der Waals surface area contributed by atoms with Crippen LogP contribution < -0.4 is 10.5 Å². The van der Waals surface area contributed by atoms with E-state index in [0.717, 1.165) is 29.0 Å². The Morgan fingerprint density at radius 3 is 2.79 bits per heavy atom. The van der Waals surface area contributed by atoms with Gasteiger partial charge in [-0.25, -0.2) is 0 Å². The molecule has 0 saturated heterocycles. The lowest BCUT2D eigenvalue weighted by atomic mass is 9.93. The van der Waals surface area contributed by atoms with Crippen LogP contribution in [0.2, 0.25) is 0 Å². The molecule has 1 aliphatic heterocycles. The van der Waals surface area contributed by atoms with Crippen molar-refractivity contribution >= 4 is 0 Å². The monoisotopic (exact) mass is 257 g/mol. The lowest BCUT2D eigenvalue weighted by molar-refractivity contribution is 0.161. The van der Waals surface area contributed by atoms with Crippen LogP contribution >= 0.6 is 0 Å². The van der Waals surface area contributed by atoms with E-state index >= 15 is 0 Å². The Morgan fingerprint density at radius 1 is 1.32 bits per heavy atom. The van der Waals surface area contributed by atoms with E-state index in [1.165, 1.54) is 5.56 Å². The number of ether oxygens (including phenoxy) is 1. The molecule has 0 radical (unpaired) electrons. The van der Waals surface area contributed by atoms with Crippen molar-refractivity contribution < 1.29 is 4.74 Å². The molecule has 1 aromatic carbocycles. The van der Waals surface area contributed by atoms with Crippen LogP contribution in [0.5, 0.6) is 5.75 Å². The minimum absolute atomic E-state index is 0.00101. The average molecular weight is 257 g/mol. The number of hydrogen-bond donors (Lipinski definition) is 1. The molecule has 1 aromatic heterocycles. The summed E-state index contributed by atoms with van der Waals surface area (Å²) in [6, 6.07) is 6.21. The van der Waals surface area contributed by atoms with Crippen molar-refractivity contribution in [3.05, 3.63) is 46.8 Å². The third-order valence-corrected chi connectivity index (χ3v) is 3.70. The summed E-state index contributed by atoms with van der Waals surface area (Å²) in [5.74, 6) is 0.901. The molecular formula is C15H19N3O. The largest absolute Gasteiger partial charge is 0.485 e. The quantitative estimate of drug-likeness (QED) is 0.854. The molecule has 2 unspecified atom stereocenters. The summed E-state index contributed by atoms with van der Waals surface area (Å²) in [6.45, 7) is 4.08. The first-order valence-corrected chi connectivity index (χ1v) is 6.57. The molecule has 2 N–H and O–H groups in total. The molecule has 2 atom stereocenters. The van der Waals surface area contributed by atoms with E-state index in [-0.39, 0.29) is 12.1 Å². The van der Waals surface area contributed by atoms with Gasteiger partial charge in [-0.1, -0.05) is 17.7 Å². The fourth-order valence-electron chi connectivity index (χ4n) is 2.75. The van der Waals surface area contributed by atoms with Crippen LogP contribution in [0.4, 0.5) is 0 Å². The van der Waals surface area contributed by atoms with E-state index in [4.69, 9.17) is 10.5 Å². The van der Waals surface area contributed by atoms with E-state index in [9.17, 15) is 0 Å². The second kappa shape index (κ2) is 4.38. The van der Waals surface area contributed by atoms with Gasteiger partial charge in [-0.05, 0) is 19.9 Å². The van der Waals surface area contributed by atoms with Crippen molar-refractivity contribution in [2.75, 3.05) is 0 Å². The van der Waals surface area contributed by atoms with Crippen molar-refractivity contribution in [2.24, 2.45) is 12.8 Å². The Labute approximate surface area is 113 Å². The van der Waals surface area contributed by atoms with Crippen molar-refractivity contribution in [1.29, 1.82) is 0 Å². The lowest BCUT2D eigenvalue weighted by Gasteiger charge is -2.30. The number of hydrogen-bond acceptors (Lipinski definition) is 3. The highest BCUT2D eigenvalue weighted by Gasteiger charge is 2.29. The molecule has 0 bridgehead atoms. The highest BCUT2D eigenvalue weighted by Crippen LogP contribution is 2.40. The minimum Gasteiger partial charge on any atom is -0.485 e. The van der Waals surface area contributed by atoms with Gasteiger partial charge in [0.05, 0.1) is 5.69 Å². The molecule has 0 spiro atoms. The highest BCUT2D eigenvalue weighted by atomic mass is 16.5. The van der Waals surface area contributed by atoms with E-state index < -0.39 is 0 Å². The molecule has 4 nitrogen and oxygen atoms in total. The summed E-state index contributed by atoms with van der Waals surface area (Å²) in [4.78, 5) is 0. The van der Waals surface area contributed by atoms with Crippen LogP contribution in [-0.2, 0) is 7.05 Å². The van der Waals surface area contributed by atoms with Gasteiger partial charge in [0.1, 0.15) is 11.9 Å². The minimum atomic E-state index is -0.00101. The van der Waals surface area contributed by atoms with Crippen LogP contribution in [0.25, 0.3) is 0 Å². The topological polar surface area (TPSA) is 53.1 Å². The van der Waals surface area contributed by atoms with Gasteiger partial charge in [-0.15, -0.1) is 0 Å². The summed E-state index contributed by atoms with van der Waals surface area (Å²) in [5.41, 5.74) is 10.8. The molecule has 2 aromatic rings. The molecule has 0 amide bonds. The van der Waals surface area contributed by atoms with Crippen LogP contribution in [0.3, 0.4) is 0 Å². The number of aryl methyl sites for hydroxylation is 3. The van der Waals surface area contributed by atoms with Gasteiger partial charge in [0.15, 0.2) is 0 Å². The smallest absolute Gasteiger partial charge is 0.129 e. The van der Waals surface area contributed by atoms with Gasteiger partial charge < -0.3 is 10.5 Å². The third kappa shape index (κ3) is 2.12. The van der Waals surface area contributed by atoms with Crippen molar-refractivity contribution in [2.45, 2.75) is 32.4 Å². The number of benzene rings is 1. The number of nitrogens with two attached hydrogens (primary N) is 1. The summed E-state index contributed by atoms with van der Waals surface area (Å²) in [5, 5.41) is 4.38. The molecule has 100 valence electrons. The highest BCUT2D eigenvalue weighted by molar-refractivity contribution is 5.41. The Bertz CT molecular complexity index is 618. The molecule has 0 fully saturated rings. The molecule has 1 aliphatic rings. The second-order valence-electron chi connectivity index (χ2n) is 5.33. The Morgan fingerprint density at radius 2 is 2.11 bits per heavy atom. The van der Waals surface area contributed by atoms with E-state index in [1.54, 1.807) is 0 Å².